The number of phenols is 1. The van der Waals surface area contributed by atoms with Crippen LogP contribution in [0.3, 0.4) is 0 Å². The molecule has 0 unspecified atom stereocenters. The monoisotopic (exact) mass is 711 g/mol. The van der Waals surface area contributed by atoms with Crippen LogP contribution in [0.1, 0.15) is 12.0 Å². The molecule has 2 N–H and O–H groups in total. The van der Waals surface area contributed by atoms with Gasteiger partial charge in [-0.3, -0.25) is 4.79 Å². The quantitative estimate of drug-likeness (QED) is 0.105. The molecule has 0 atom stereocenters. The Balaban J connectivity index is 1.45. The van der Waals surface area contributed by atoms with E-state index in [-0.39, 0.29) is 18.1 Å². The van der Waals surface area contributed by atoms with E-state index in [1.165, 1.54) is 0 Å². The van der Waals surface area contributed by atoms with E-state index in [2.05, 4.69) is 115 Å². The number of hydrazone groups is 1. The Morgan fingerprint density at radius 3 is 2.14 bits per heavy atom. The molecule has 0 saturated carbocycles. The number of rotatable bonds is 7. The summed E-state index contributed by atoms with van der Waals surface area (Å²) in [4.78, 5) is 12.8. The van der Waals surface area contributed by atoms with Gasteiger partial charge in [0.15, 0.2) is 0 Å². The second-order valence-corrected chi connectivity index (χ2v) is 10.8. The number of para-hydroxylation sites is 1. The molecule has 0 saturated heterocycles. The minimum atomic E-state index is -0.169. The molecule has 0 aliphatic heterocycles. The zero-order chi connectivity index (χ0) is 25.8. The fourth-order valence-corrected chi connectivity index (χ4v) is 6.25. The van der Waals surface area contributed by atoms with Crippen molar-refractivity contribution in [1.82, 2.24) is 9.99 Å². The summed E-state index contributed by atoms with van der Waals surface area (Å²) in [6.45, 7) is 0.508. The first-order valence-corrected chi connectivity index (χ1v) is 13.9. The van der Waals surface area contributed by atoms with Crippen molar-refractivity contribution in [1.29, 1.82) is 0 Å². The largest absolute Gasteiger partial charge is 0.506 e. The predicted molar refractivity (Wildman–Crippen MR) is 167 cm³/mol. The zero-order valence-electron chi connectivity index (χ0n) is 19.7. The summed E-state index contributed by atoms with van der Waals surface area (Å²) in [6.07, 6.45) is 1.87. The third-order valence-electron chi connectivity index (χ3n) is 6.09. The highest BCUT2D eigenvalue weighted by Gasteiger charge is 2.20. The molecule has 5 nitrogen and oxygen atoms in total. The number of carbonyl (C=O) groups excluding carboxylic acids is 1. The number of nitrogens with zero attached hydrogens (tertiary/aromatic N) is 2. The van der Waals surface area contributed by atoms with Crippen molar-refractivity contribution in [2.45, 2.75) is 13.0 Å². The van der Waals surface area contributed by atoms with Crippen LogP contribution < -0.4 is 5.43 Å². The van der Waals surface area contributed by atoms with Crippen LogP contribution in [0.5, 0.6) is 5.75 Å². The van der Waals surface area contributed by atoms with Gasteiger partial charge in [-0.05, 0) is 80.1 Å². The molecule has 5 aromatic rings. The van der Waals surface area contributed by atoms with Crippen LogP contribution in [0.15, 0.2) is 102 Å². The van der Waals surface area contributed by atoms with Gasteiger partial charge < -0.3 is 9.67 Å². The Kier molecular flexibility index (Phi) is 7.90. The van der Waals surface area contributed by atoms with E-state index in [1.807, 2.05) is 42.5 Å². The fraction of sp³-hybridized carbons (Fsp3) is 0.0667. The molecule has 0 aliphatic carbocycles. The number of hydrogen-bond donors (Lipinski definition) is 2. The van der Waals surface area contributed by atoms with Gasteiger partial charge in [0.2, 0.25) is 5.91 Å². The predicted octanol–water partition coefficient (Wildman–Crippen LogP) is 7.43. The van der Waals surface area contributed by atoms with Gasteiger partial charge >= 0.3 is 0 Å². The van der Waals surface area contributed by atoms with Gasteiger partial charge in [-0.2, -0.15) is 5.10 Å². The van der Waals surface area contributed by atoms with E-state index in [0.29, 0.717) is 6.54 Å². The van der Waals surface area contributed by atoms with Crippen molar-refractivity contribution in [3.05, 3.63) is 110 Å². The van der Waals surface area contributed by atoms with E-state index in [9.17, 15) is 9.90 Å². The molecular weight excluding hydrogens is 688 g/mol. The van der Waals surface area contributed by atoms with Crippen molar-refractivity contribution in [2.75, 3.05) is 0 Å². The first-order chi connectivity index (χ1) is 18.0. The van der Waals surface area contributed by atoms with E-state index in [1.54, 1.807) is 6.21 Å². The van der Waals surface area contributed by atoms with Gasteiger partial charge in [-0.15, -0.1) is 0 Å². The molecule has 37 heavy (non-hydrogen) atoms. The summed E-state index contributed by atoms with van der Waals surface area (Å²) < 4.78 is 3.71. The topological polar surface area (TPSA) is 66.6 Å². The van der Waals surface area contributed by atoms with E-state index < -0.39 is 0 Å². The second-order valence-electron chi connectivity index (χ2n) is 8.50. The van der Waals surface area contributed by atoms with Gasteiger partial charge in [0.25, 0.3) is 0 Å². The number of nitrogens with one attached hydrogen (secondary N) is 1. The number of carbonyl (C=O) groups is 1. The van der Waals surface area contributed by atoms with E-state index in [0.717, 1.165) is 46.0 Å². The number of hydrogen-bond acceptors (Lipinski definition) is 3. The lowest BCUT2D eigenvalue weighted by molar-refractivity contribution is -0.121. The van der Waals surface area contributed by atoms with Crippen LogP contribution in [0.2, 0.25) is 0 Å². The standard InChI is InChI=1S/C30H23I2N3O2/c31-24-17-20(18-25(32)30(24)37)19-33-34-27(36)15-16-35-26-14-8-7-13-23(26)28(21-9-3-1-4-10-21)29(35)22-11-5-2-6-12-22/h1-14,17-19,37H,15-16H2,(H,34,36)/b33-19+. The number of aryl methyl sites for hydroxylation is 1. The number of aromatic nitrogens is 1. The highest BCUT2D eigenvalue weighted by molar-refractivity contribution is 14.1. The Bertz CT molecular complexity index is 1570. The molecule has 0 spiro atoms. The van der Waals surface area contributed by atoms with Gasteiger partial charge in [-0.25, -0.2) is 5.43 Å². The lowest BCUT2D eigenvalue weighted by atomic mass is 9.98. The molecule has 1 heterocycles. The van der Waals surface area contributed by atoms with Gasteiger partial charge in [-0.1, -0.05) is 78.9 Å². The summed E-state index contributed by atoms with van der Waals surface area (Å²) in [7, 11) is 0. The number of phenolic OH excluding ortho intramolecular Hbond substituents is 1. The van der Waals surface area contributed by atoms with Crippen LogP contribution in [0, 0.1) is 7.14 Å². The molecule has 4 aromatic carbocycles. The van der Waals surface area contributed by atoms with Crippen LogP contribution in [-0.2, 0) is 11.3 Å². The van der Waals surface area contributed by atoms with Crippen LogP contribution in [0.25, 0.3) is 33.3 Å². The van der Waals surface area contributed by atoms with Crippen molar-refractivity contribution in [3.8, 4) is 28.1 Å². The Hall–Kier alpha value is -3.18. The van der Waals surface area contributed by atoms with Crippen molar-refractivity contribution in [2.24, 2.45) is 5.10 Å². The van der Waals surface area contributed by atoms with Crippen molar-refractivity contribution in [3.63, 3.8) is 0 Å². The zero-order valence-corrected chi connectivity index (χ0v) is 24.0. The maximum absolute atomic E-state index is 12.8. The summed E-state index contributed by atoms with van der Waals surface area (Å²) in [5, 5.41) is 15.2. The molecule has 0 aliphatic rings. The number of fused-ring (bicyclic) bond motifs is 1. The Labute approximate surface area is 242 Å². The molecule has 1 amide bonds. The minimum absolute atomic E-state index is 0.169. The maximum atomic E-state index is 12.8. The second kappa shape index (κ2) is 11.5. The summed E-state index contributed by atoms with van der Waals surface area (Å²) in [6, 6.07) is 32.7. The Morgan fingerprint density at radius 2 is 1.46 bits per heavy atom. The molecule has 184 valence electrons. The van der Waals surface area contributed by atoms with Gasteiger partial charge in [0.05, 0.1) is 19.0 Å². The highest BCUT2D eigenvalue weighted by atomic mass is 127. The molecule has 0 radical (unpaired) electrons. The molecular formula is C30H23I2N3O2. The average Bonchev–Trinajstić information content (AvgIpc) is 3.26. The molecule has 7 heteroatoms. The highest BCUT2D eigenvalue weighted by Crippen LogP contribution is 2.41. The average molecular weight is 711 g/mol. The summed E-state index contributed by atoms with van der Waals surface area (Å²) in [5.41, 5.74) is 9.05. The van der Waals surface area contributed by atoms with Gasteiger partial charge in [0.1, 0.15) is 5.75 Å². The van der Waals surface area contributed by atoms with Crippen molar-refractivity contribution >= 4 is 68.2 Å². The third kappa shape index (κ3) is 5.57. The lowest BCUT2D eigenvalue weighted by Gasteiger charge is -2.13. The summed E-state index contributed by atoms with van der Waals surface area (Å²) >= 11 is 4.15. The lowest BCUT2D eigenvalue weighted by Crippen LogP contribution is -2.19. The molecule has 1 aromatic heterocycles. The first kappa shape index (κ1) is 25.5. The molecule has 0 bridgehead atoms. The van der Waals surface area contributed by atoms with Gasteiger partial charge in [0, 0.05) is 29.4 Å². The van der Waals surface area contributed by atoms with Crippen LogP contribution in [-0.4, -0.2) is 21.8 Å². The number of halogens is 2. The number of benzene rings is 4. The number of amides is 1. The first-order valence-electron chi connectivity index (χ1n) is 11.7. The van der Waals surface area contributed by atoms with E-state index in [4.69, 9.17) is 0 Å². The Morgan fingerprint density at radius 1 is 0.865 bits per heavy atom. The maximum Gasteiger partial charge on any atom is 0.241 e. The van der Waals surface area contributed by atoms with Crippen LogP contribution >= 0.6 is 45.2 Å². The summed E-state index contributed by atoms with van der Waals surface area (Å²) in [5.74, 6) is 0.0860. The smallest absolute Gasteiger partial charge is 0.241 e. The van der Waals surface area contributed by atoms with Crippen LogP contribution in [0.4, 0.5) is 0 Å². The minimum Gasteiger partial charge on any atom is -0.506 e. The fourth-order valence-electron chi connectivity index (χ4n) is 4.44. The molecule has 5 rings (SSSR count). The SMILES string of the molecule is O=C(CCn1c(-c2ccccc2)c(-c2ccccc2)c2ccccc21)N/N=C/c1cc(I)c(O)c(I)c1. The number of aromatic hydroxyl groups is 1. The normalized spacial score (nSPS) is 11.3. The van der Waals surface area contributed by atoms with E-state index >= 15 is 0 Å². The van der Waals surface area contributed by atoms with Crippen molar-refractivity contribution < 1.29 is 9.90 Å². The third-order valence-corrected chi connectivity index (χ3v) is 7.73. The molecule has 0 fully saturated rings.